The summed E-state index contributed by atoms with van der Waals surface area (Å²) < 4.78 is 11.0. The summed E-state index contributed by atoms with van der Waals surface area (Å²) in [7, 11) is 3.00. The fourth-order valence-electron chi connectivity index (χ4n) is 4.11. The number of para-hydroxylation sites is 1. The van der Waals surface area contributed by atoms with Gasteiger partial charge in [-0.1, -0.05) is 12.1 Å². The molecule has 1 fully saturated rings. The maximum Gasteiger partial charge on any atom is 0.339 e. The summed E-state index contributed by atoms with van der Waals surface area (Å²) in [6.07, 6.45) is 3.06. The highest BCUT2D eigenvalue weighted by Crippen LogP contribution is 2.59. The highest BCUT2D eigenvalue weighted by Gasteiger charge is 2.45. The molecule has 0 saturated carbocycles. The van der Waals surface area contributed by atoms with Gasteiger partial charge < -0.3 is 14.1 Å². The van der Waals surface area contributed by atoms with E-state index < -0.39 is 5.97 Å². The van der Waals surface area contributed by atoms with Crippen LogP contribution in [0, 0.1) is 6.92 Å². The number of esters is 1. The number of ether oxygens (including phenoxy) is 1. The lowest BCUT2D eigenvalue weighted by molar-refractivity contribution is 0.0601. The Morgan fingerprint density at radius 1 is 1.21 bits per heavy atom. The van der Waals surface area contributed by atoms with Crippen LogP contribution in [0.15, 0.2) is 28.7 Å². The normalized spacial score (nSPS) is 17.4. The number of thioether (sulfide) groups is 2. The van der Waals surface area contributed by atoms with Gasteiger partial charge in [0.05, 0.1) is 22.4 Å². The topological polar surface area (TPSA) is 59.8 Å². The van der Waals surface area contributed by atoms with Crippen LogP contribution in [0.2, 0.25) is 0 Å². The van der Waals surface area contributed by atoms with Gasteiger partial charge in [-0.3, -0.25) is 4.79 Å². The largest absolute Gasteiger partial charge is 0.465 e. The summed E-state index contributed by atoms with van der Waals surface area (Å²) in [5.74, 6) is 2.87. The molecular weight excluding hydrogens is 394 g/mol. The van der Waals surface area contributed by atoms with Gasteiger partial charge in [-0.2, -0.15) is 0 Å². The van der Waals surface area contributed by atoms with Crippen molar-refractivity contribution in [2.75, 3.05) is 30.6 Å². The highest BCUT2D eigenvalue weighted by atomic mass is 32.2. The fourth-order valence-corrected chi connectivity index (χ4v) is 7.67. The van der Waals surface area contributed by atoms with E-state index in [1.165, 1.54) is 17.6 Å². The van der Waals surface area contributed by atoms with Crippen molar-refractivity contribution < 1.29 is 18.7 Å². The molecule has 2 aliphatic rings. The molecule has 4 rings (SSSR count). The SMILES string of the molecule is COC(=O)c1ccccc1N(C)C(=O)c1oc2c(c1C)C1(CCC2)SCCS1. The Bertz CT molecular complexity index is 930. The molecule has 28 heavy (non-hydrogen) atoms. The third-order valence-electron chi connectivity index (χ3n) is 5.43. The smallest absolute Gasteiger partial charge is 0.339 e. The minimum Gasteiger partial charge on any atom is -0.465 e. The van der Waals surface area contributed by atoms with E-state index in [1.807, 2.05) is 30.4 Å². The average molecular weight is 418 g/mol. The fraction of sp³-hybridized carbons (Fsp3) is 0.429. The van der Waals surface area contributed by atoms with Gasteiger partial charge >= 0.3 is 5.97 Å². The van der Waals surface area contributed by atoms with Gasteiger partial charge in [0.2, 0.25) is 0 Å². The number of carbonyl (C=O) groups is 2. The molecule has 2 heterocycles. The molecule has 148 valence electrons. The van der Waals surface area contributed by atoms with E-state index in [0.29, 0.717) is 17.0 Å². The molecule has 0 N–H and O–H groups in total. The minimum atomic E-state index is -0.469. The van der Waals surface area contributed by atoms with Crippen LogP contribution >= 0.6 is 23.5 Å². The number of rotatable bonds is 3. The predicted octanol–water partition coefficient (Wildman–Crippen LogP) is 4.62. The number of nitrogens with zero attached hydrogens (tertiary/aromatic N) is 1. The highest BCUT2D eigenvalue weighted by molar-refractivity contribution is 8.20. The quantitative estimate of drug-likeness (QED) is 0.679. The first-order valence-electron chi connectivity index (χ1n) is 9.34. The number of furan rings is 1. The van der Waals surface area contributed by atoms with Crippen molar-refractivity contribution in [2.45, 2.75) is 30.3 Å². The molecule has 1 aliphatic heterocycles. The molecule has 5 nitrogen and oxygen atoms in total. The molecule has 1 amide bonds. The zero-order valence-corrected chi connectivity index (χ0v) is 17.9. The second-order valence-corrected chi connectivity index (χ2v) is 10.1. The third-order valence-corrected chi connectivity index (χ3v) is 8.96. The zero-order chi connectivity index (χ0) is 19.9. The van der Waals surface area contributed by atoms with Crippen molar-refractivity contribution in [2.24, 2.45) is 0 Å². The maximum atomic E-state index is 13.3. The minimum absolute atomic E-state index is 0.0300. The van der Waals surface area contributed by atoms with Crippen molar-refractivity contribution in [3.05, 3.63) is 52.5 Å². The Kier molecular flexibility index (Phi) is 5.22. The van der Waals surface area contributed by atoms with E-state index >= 15 is 0 Å². The molecule has 0 unspecified atom stereocenters. The summed E-state index contributed by atoms with van der Waals surface area (Å²) >= 11 is 3.96. The number of aryl methyl sites for hydroxylation is 1. The molecule has 7 heteroatoms. The second kappa shape index (κ2) is 7.52. The van der Waals surface area contributed by atoms with Gasteiger partial charge in [0, 0.05) is 36.1 Å². The van der Waals surface area contributed by atoms with Crippen molar-refractivity contribution in [3.63, 3.8) is 0 Å². The van der Waals surface area contributed by atoms with Crippen LogP contribution in [0.1, 0.15) is 50.6 Å². The van der Waals surface area contributed by atoms with Gasteiger partial charge in [-0.15, -0.1) is 23.5 Å². The number of hydrogen-bond acceptors (Lipinski definition) is 6. The Labute approximate surface area is 173 Å². The number of hydrogen-bond donors (Lipinski definition) is 0. The van der Waals surface area contributed by atoms with E-state index in [2.05, 4.69) is 0 Å². The number of methoxy groups -OCH3 is 1. The van der Waals surface area contributed by atoms with E-state index in [1.54, 1.807) is 31.3 Å². The third kappa shape index (κ3) is 3.05. The van der Waals surface area contributed by atoms with Crippen molar-refractivity contribution in [3.8, 4) is 0 Å². The Morgan fingerprint density at radius 3 is 2.64 bits per heavy atom. The van der Waals surface area contributed by atoms with Crippen molar-refractivity contribution in [1.82, 2.24) is 0 Å². The molecule has 1 aliphatic carbocycles. The van der Waals surface area contributed by atoms with Crippen LogP contribution in [-0.2, 0) is 15.2 Å². The Hall–Kier alpha value is -1.86. The molecule has 1 saturated heterocycles. The van der Waals surface area contributed by atoms with Gasteiger partial charge in [-0.25, -0.2) is 4.79 Å². The van der Waals surface area contributed by atoms with Gasteiger partial charge in [0.25, 0.3) is 5.91 Å². The summed E-state index contributed by atoms with van der Waals surface area (Å²) in [4.78, 5) is 26.9. The van der Waals surface area contributed by atoms with Crippen LogP contribution in [0.4, 0.5) is 5.69 Å². The molecule has 2 aromatic rings. The Balaban J connectivity index is 1.72. The van der Waals surface area contributed by atoms with Gasteiger partial charge in [0.1, 0.15) is 5.76 Å². The number of anilines is 1. The number of fused-ring (bicyclic) bond motifs is 2. The lowest BCUT2D eigenvalue weighted by atomic mass is 9.94. The first kappa shape index (κ1) is 19.5. The van der Waals surface area contributed by atoms with E-state index in [9.17, 15) is 9.59 Å². The first-order chi connectivity index (χ1) is 13.5. The second-order valence-electron chi connectivity index (χ2n) is 7.03. The Morgan fingerprint density at radius 2 is 1.93 bits per heavy atom. The number of amides is 1. The molecule has 1 aromatic heterocycles. The summed E-state index contributed by atoms with van der Waals surface area (Å²) in [5, 5.41) is 0. The lowest BCUT2D eigenvalue weighted by Gasteiger charge is -2.31. The molecular formula is C21H23NO4S2. The van der Waals surface area contributed by atoms with Crippen molar-refractivity contribution in [1.29, 1.82) is 0 Å². The summed E-state index contributed by atoms with van der Waals surface area (Å²) in [6, 6.07) is 6.95. The first-order valence-corrected chi connectivity index (χ1v) is 11.3. The van der Waals surface area contributed by atoms with E-state index in [-0.39, 0.29) is 9.99 Å². The number of benzene rings is 1. The molecule has 0 radical (unpaired) electrons. The molecule has 0 bridgehead atoms. The van der Waals surface area contributed by atoms with Crippen molar-refractivity contribution >= 4 is 41.1 Å². The van der Waals surface area contributed by atoms with Gasteiger partial charge in [0.15, 0.2) is 5.76 Å². The van der Waals surface area contributed by atoms with Crippen LogP contribution < -0.4 is 4.90 Å². The van der Waals surface area contributed by atoms with Crippen LogP contribution in [0.25, 0.3) is 0 Å². The molecule has 1 aromatic carbocycles. The van der Waals surface area contributed by atoms with Crippen LogP contribution in [0.3, 0.4) is 0 Å². The van der Waals surface area contributed by atoms with Gasteiger partial charge in [-0.05, 0) is 31.9 Å². The van der Waals surface area contributed by atoms with Crippen LogP contribution in [-0.4, -0.2) is 37.5 Å². The maximum absolute atomic E-state index is 13.3. The lowest BCUT2D eigenvalue weighted by Crippen LogP contribution is -2.28. The molecule has 1 spiro atoms. The van der Waals surface area contributed by atoms with E-state index in [4.69, 9.17) is 9.15 Å². The van der Waals surface area contributed by atoms with E-state index in [0.717, 1.165) is 42.1 Å². The average Bonchev–Trinajstić information content (AvgIpc) is 3.32. The standard InChI is InChI=1S/C21H23NO4S2/c1-13-17-16(9-6-10-21(17)27-11-12-28-21)26-18(13)19(23)22(2)15-8-5-4-7-14(15)20(24)25-3/h4-5,7-8H,6,9-12H2,1-3H3. The monoisotopic (exact) mass is 417 g/mol. The summed E-state index contributed by atoms with van der Waals surface area (Å²) in [5.41, 5.74) is 3.01. The molecule has 0 atom stereocenters. The zero-order valence-electron chi connectivity index (χ0n) is 16.2. The summed E-state index contributed by atoms with van der Waals surface area (Å²) in [6.45, 7) is 1.99. The van der Waals surface area contributed by atoms with Crippen LogP contribution in [0.5, 0.6) is 0 Å². The number of carbonyl (C=O) groups excluding carboxylic acids is 2. The predicted molar refractivity (Wildman–Crippen MR) is 113 cm³/mol.